The van der Waals surface area contributed by atoms with Crippen LogP contribution >= 0.6 is 0 Å². The molecule has 1 heterocycles. The average Bonchev–Trinajstić information content (AvgIpc) is 2.39. The SMILES string of the molecule is CC(NC1CCN(C(C)(C)C)CC1)c1ccc(O)cc1. The van der Waals surface area contributed by atoms with Crippen molar-refractivity contribution in [1.82, 2.24) is 10.2 Å². The molecule has 0 aliphatic carbocycles. The topological polar surface area (TPSA) is 35.5 Å². The number of rotatable bonds is 3. The highest BCUT2D eigenvalue weighted by atomic mass is 16.3. The summed E-state index contributed by atoms with van der Waals surface area (Å²) in [6, 6.07) is 8.44. The first kappa shape index (κ1) is 15.3. The fourth-order valence-electron chi connectivity index (χ4n) is 2.93. The van der Waals surface area contributed by atoms with E-state index in [1.807, 2.05) is 12.1 Å². The van der Waals surface area contributed by atoms with Gasteiger partial charge in [-0.15, -0.1) is 0 Å². The summed E-state index contributed by atoms with van der Waals surface area (Å²) in [6.07, 6.45) is 2.42. The number of nitrogens with zero attached hydrogens (tertiary/aromatic N) is 1. The smallest absolute Gasteiger partial charge is 0.115 e. The number of hydrogen-bond acceptors (Lipinski definition) is 3. The predicted molar refractivity (Wildman–Crippen MR) is 84.0 cm³/mol. The lowest BCUT2D eigenvalue weighted by molar-refractivity contribution is 0.0942. The molecule has 0 amide bonds. The van der Waals surface area contributed by atoms with E-state index in [-0.39, 0.29) is 5.54 Å². The molecule has 2 rings (SSSR count). The maximum Gasteiger partial charge on any atom is 0.115 e. The Morgan fingerprint density at radius 2 is 1.70 bits per heavy atom. The van der Waals surface area contributed by atoms with Crippen LogP contribution in [0, 0.1) is 0 Å². The van der Waals surface area contributed by atoms with Gasteiger partial charge in [0.05, 0.1) is 0 Å². The van der Waals surface area contributed by atoms with E-state index in [9.17, 15) is 5.11 Å². The zero-order valence-electron chi connectivity index (χ0n) is 13.2. The third-order valence-electron chi connectivity index (χ3n) is 4.32. The van der Waals surface area contributed by atoms with Gasteiger partial charge in [0.2, 0.25) is 0 Å². The lowest BCUT2D eigenvalue weighted by Crippen LogP contribution is -2.50. The average molecular weight is 276 g/mol. The summed E-state index contributed by atoms with van der Waals surface area (Å²) in [5, 5.41) is 13.1. The molecule has 1 aliphatic rings. The fourth-order valence-corrected chi connectivity index (χ4v) is 2.93. The number of phenolic OH excluding ortho intramolecular Hbond substituents is 1. The zero-order valence-corrected chi connectivity index (χ0v) is 13.2. The van der Waals surface area contributed by atoms with Gasteiger partial charge in [-0.2, -0.15) is 0 Å². The monoisotopic (exact) mass is 276 g/mol. The van der Waals surface area contributed by atoms with Crippen LogP contribution in [0.3, 0.4) is 0 Å². The molecule has 2 N–H and O–H groups in total. The van der Waals surface area contributed by atoms with Gasteiger partial charge in [-0.25, -0.2) is 0 Å². The summed E-state index contributed by atoms with van der Waals surface area (Å²) < 4.78 is 0. The van der Waals surface area contributed by atoms with Gasteiger partial charge in [-0.3, -0.25) is 4.90 Å². The van der Waals surface area contributed by atoms with Gasteiger partial charge >= 0.3 is 0 Å². The third kappa shape index (κ3) is 3.97. The van der Waals surface area contributed by atoms with Gasteiger partial charge in [0.15, 0.2) is 0 Å². The first-order chi connectivity index (χ1) is 9.36. The number of benzene rings is 1. The van der Waals surface area contributed by atoms with Gasteiger partial charge in [0, 0.05) is 30.7 Å². The van der Waals surface area contributed by atoms with Gasteiger partial charge in [0.1, 0.15) is 5.75 Å². The summed E-state index contributed by atoms with van der Waals surface area (Å²) in [5.74, 6) is 0.333. The van der Waals surface area contributed by atoms with Gasteiger partial charge in [-0.05, 0) is 58.2 Å². The Balaban J connectivity index is 1.85. The molecule has 1 aromatic rings. The van der Waals surface area contributed by atoms with Crippen molar-refractivity contribution in [2.75, 3.05) is 13.1 Å². The van der Waals surface area contributed by atoms with Crippen LogP contribution in [0.1, 0.15) is 52.1 Å². The Morgan fingerprint density at radius 1 is 1.15 bits per heavy atom. The van der Waals surface area contributed by atoms with Crippen LogP contribution in [0.25, 0.3) is 0 Å². The lowest BCUT2D eigenvalue weighted by atomic mass is 9.97. The van der Waals surface area contributed by atoms with E-state index in [1.54, 1.807) is 12.1 Å². The molecular weight excluding hydrogens is 248 g/mol. The molecule has 1 aromatic carbocycles. The predicted octanol–water partition coefficient (Wildman–Crippen LogP) is 3.31. The van der Waals surface area contributed by atoms with Crippen molar-refractivity contribution in [3.05, 3.63) is 29.8 Å². The van der Waals surface area contributed by atoms with Crippen molar-refractivity contribution in [3.8, 4) is 5.75 Å². The minimum absolute atomic E-state index is 0.285. The molecule has 0 aromatic heterocycles. The molecule has 1 atom stereocenters. The first-order valence-electron chi connectivity index (χ1n) is 7.66. The second-order valence-electron chi connectivity index (χ2n) is 6.91. The fraction of sp³-hybridized carbons (Fsp3) is 0.647. The van der Waals surface area contributed by atoms with Crippen LogP contribution in [0.5, 0.6) is 5.75 Å². The molecule has 20 heavy (non-hydrogen) atoms. The Hall–Kier alpha value is -1.06. The highest BCUT2D eigenvalue weighted by Crippen LogP contribution is 2.23. The summed E-state index contributed by atoms with van der Waals surface area (Å²) in [6.45, 7) is 11.4. The minimum Gasteiger partial charge on any atom is -0.508 e. The van der Waals surface area contributed by atoms with E-state index in [4.69, 9.17) is 0 Å². The molecule has 0 spiro atoms. The normalized spacial score (nSPS) is 20.0. The van der Waals surface area contributed by atoms with Crippen molar-refractivity contribution in [3.63, 3.8) is 0 Å². The van der Waals surface area contributed by atoms with Crippen molar-refractivity contribution in [1.29, 1.82) is 0 Å². The van der Waals surface area contributed by atoms with E-state index in [1.165, 1.54) is 31.5 Å². The molecule has 112 valence electrons. The van der Waals surface area contributed by atoms with Crippen LogP contribution in [0.2, 0.25) is 0 Å². The van der Waals surface area contributed by atoms with E-state index in [0.717, 1.165) is 0 Å². The second-order valence-corrected chi connectivity index (χ2v) is 6.91. The standard InChI is InChI=1S/C17H28N2O/c1-13(14-5-7-16(20)8-6-14)18-15-9-11-19(12-10-15)17(2,3)4/h5-8,13,15,18,20H,9-12H2,1-4H3. The lowest BCUT2D eigenvalue weighted by Gasteiger charge is -2.41. The quantitative estimate of drug-likeness (QED) is 0.889. The highest BCUT2D eigenvalue weighted by Gasteiger charge is 2.27. The number of piperidine rings is 1. The highest BCUT2D eigenvalue weighted by molar-refractivity contribution is 5.27. The molecule has 0 bridgehead atoms. The van der Waals surface area contributed by atoms with Crippen LogP contribution in [-0.4, -0.2) is 34.7 Å². The van der Waals surface area contributed by atoms with Crippen LogP contribution in [0.15, 0.2) is 24.3 Å². The van der Waals surface area contributed by atoms with Crippen molar-refractivity contribution in [2.45, 2.75) is 58.2 Å². The van der Waals surface area contributed by atoms with Gasteiger partial charge in [-0.1, -0.05) is 12.1 Å². The number of nitrogens with one attached hydrogen (secondary N) is 1. The van der Waals surface area contributed by atoms with Gasteiger partial charge < -0.3 is 10.4 Å². The maximum atomic E-state index is 9.34. The summed E-state index contributed by atoms with van der Waals surface area (Å²) >= 11 is 0. The number of phenols is 1. The number of aromatic hydroxyl groups is 1. The molecule has 3 nitrogen and oxygen atoms in total. The molecular formula is C17H28N2O. The molecule has 1 saturated heterocycles. The van der Waals surface area contributed by atoms with Gasteiger partial charge in [0.25, 0.3) is 0 Å². The van der Waals surface area contributed by atoms with E-state index >= 15 is 0 Å². The molecule has 1 aliphatic heterocycles. The van der Waals surface area contributed by atoms with E-state index < -0.39 is 0 Å². The Labute approximate surface area is 123 Å². The van der Waals surface area contributed by atoms with Crippen molar-refractivity contribution >= 4 is 0 Å². The van der Waals surface area contributed by atoms with Crippen LogP contribution < -0.4 is 5.32 Å². The van der Waals surface area contributed by atoms with Crippen LogP contribution in [0.4, 0.5) is 0 Å². The van der Waals surface area contributed by atoms with E-state index in [0.29, 0.717) is 17.8 Å². The summed E-state index contributed by atoms with van der Waals surface area (Å²) in [7, 11) is 0. The number of likely N-dealkylation sites (tertiary alicyclic amines) is 1. The summed E-state index contributed by atoms with van der Waals surface area (Å²) in [4.78, 5) is 2.57. The number of hydrogen-bond donors (Lipinski definition) is 2. The Bertz CT molecular complexity index is 414. The Kier molecular flexibility index (Phi) is 4.71. The molecule has 3 heteroatoms. The summed E-state index contributed by atoms with van der Waals surface area (Å²) in [5.41, 5.74) is 1.52. The Morgan fingerprint density at radius 3 is 2.20 bits per heavy atom. The molecule has 1 fully saturated rings. The molecule has 0 saturated carbocycles. The third-order valence-corrected chi connectivity index (χ3v) is 4.32. The molecule has 0 radical (unpaired) electrons. The zero-order chi connectivity index (χ0) is 14.8. The van der Waals surface area contributed by atoms with Crippen molar-refractivity contribution in [2.24, 2.45) is 0 Å². The largest absolute Gasteiger partial charge is 0.508 e. The second kappa shape index (κ2) is 6.15. The minimum atomic E-state index is 0.285. The first-order valence-corrected chi connectivity index (χ1v) is 7.66. The van der Waals surface area contributed by atoms with E-state index in [2.05, 4.69) is 37.9 Å². The van der Waals surface area contributed by atoms with Crippen LogP contribution in [-0.2, 0) is 0 Å². The van der Waals surface area contributed by atoms with Crippen molar-refractivity contribution < 1.29 is 5.11 Å². The maximum absolute atomic E-state index is 9.34. The molecule has 1 unspecified atom stereocenters.